The van der Waals surface area contributed by atoms with Gasteiger partial charge in [-0.1, -0.05) is 34.6 Å². The van der Waals surface area contributed by atoms with Crippen LogP contribution in [0.15, 0.2) is 0 Å². The molecule has 8 atom stereocenters. The van der Waals surface area contributed by atoms with E-state index < -0.39 is 0 Å². The van der Waals surface area contributed by atoms with Gasteiger partial charge in [0, 0.05) is 0 Å². The third-order valence-corrected chi connectivity index (χ3v) is 10.2. The van der Waals surface area contributed by atoms with E-state index in [1.54, 1.807) is 32.1 Å². The van der Waals surface area contributed by atoms with Crippen molar-refractivity contribution in [2.75, 3.05) is 0 Å². The van der Waals surface area contributed by atoms with Crippen LogP contribution in [0.1, 0.15) is 73.1 Å². The zero-order chi connectivity index (χ0) is 14.1. The highest BCUT2D eigenvalue weighted by atomic mass is 14.8. The average Bonchev–Trinajstić information content (AvgIpc) is 2.77. The molecule has 8 unspecified atom stereocenters. The van der Waals surface area contributed by atoms with Crippen molar-refractivity contribution in [3.05, 3.63) is 0 Å². The summed E-state index contributed by atoms with van der Waals surface area (Å²) in [6, 6.07) is 0. The molecule has 0 radical (unpaired) electrons. The molecule has 0 saturated heterocycles. The minimum absolute atomic E-state index is 0.592. The first-order chi connectivity index (χ1) is 9.24. The summed E-state index contributed by atoms with van der Waals surface area (Å²) in [6.07, 6.45) is 9.41. The third-order valence-electron chi connectivity index (χ3n) is 10.2. The molecule has 5 rings (SSSR count). The minimum atomic E-state index is 0.592. The fraction of sp³-hybridized carbons (Fsp3) is 1.00. The first kappa shape index (κ1) is 12.5. The van der Waals surface area contributed by atoms with E-state index in [-0.39, 0.29) is 0 Å². The Kier molecular flexibility index (Phi) is 1.91. The number of rotatable bonds is 0. The lowest BCUT2D eigenvalue weighted by Crippen LogP contribution is -2.71. The molecule has 5 aliphatic carbocycles. The topological polar surface area (TPSA) is 0 Å². The van der Waals surface area contributed by atoms with Gasteiger partial charge in [-0.05, 0) is 89.8 Å². The van der Waals surface area contributed by atoms with Gasteiger partial charge in [-0.3, -0.25) is 0 Å². The monoisotopic (exact) mass is 272 g/mol. The Labute approximate surface area is 125 Å². The van der Waals surface area contributed by atoms with Crippen LogP contribution in [0.5, 0.6) is 0 Å². The van der Waals surface area contributed by atoms with Crippen LogP contribution in [0.2, 0.25) is 0 Å². The molecule has 0 N–H and O–H groups in total. The van der Waals surface area contributed by atoms with Crippen LogP contribution in [-0.2, 0) is 0 Å². The van der Waals surface area contributed by atoms with Crippen LogP contribution < -0.4 is 0 Å². The first-order valence-electron chi connectivity index (χ1n) is 9.24. The van der Waals surface area contributed by atoms with Gasteiger partial charge in [0.15, 0.2) is 0 Å². The van der Waals surface area contributed by atoms with Crippen molar-refractivity contribution in [3.63, 3.8) is 0 Å². The Bertz CT molecular complexity index is 490. The van der Waals surface area contributed by atoms with Crippen LogP contribution in [0.25, 0.3) is 0 Å². The third kappa shape index (κ3) is 0.976. The van der Waals surface area contributed by atoms with Gasteiger partial charge in [-0.15, -0.1) is 0 Å². The van der Waals surface area contributed by atoms with Gasteiger partial charge in [-0.2, -0.15) is 0 Å². The highest BCUT2D eigenvalue weighted by molar-refractivity contribution is 5.27. The number of hydrogen-bond acceptors (Lipinski definition) is 0. The largest absolute Gasteiger partial charge is 0.0617 e. The maximum absolute atomic E-state index is 2.73. The van der Waals surface area contributed by atoms with Crippen LogP contribution in [0, 0.1) is 51.2 Å². The van der Waals surface area contributed by atoms with Crippen molar-refractivity contribution in [3.8, 4) is 0 Å². The Hall–Kier alpha value is 0. The number of fused-ring (bicyclic) bond motifs is 2. The van der Waals surface area contributed by atoms with E-state index in [9.17, 15) is 0 Å². The fourth-order valence-corrected chi connectivity index (χ4v) is 9.57. The maximum atomic E-state index is 2.73. The summed E-state index contributed by atoms with van der Waals surface area (Å²) in [6.45, 7) is 13.3. The average molecular weight is 272 g/mol. The molecule has 0 aromatic heterocycles. The molecule has 0 aromatic carbocycles. The van der Waals surface area contributed by atoms with E-state index in [1.807, 2.05) is 0 Å². The Morgan fingerprint density at radius 2 is 1.65 bits per heavy atom. The van der Waals surface area contributed by atoms with Crippen LogP contribution in [0.3, 0.4) is 0 Å². The normalized spacial score (nSPS) is 68.5. The Balaban J connectivity index is 1.78. The standard InChI is InChI=1S/C20H32/c1-12-14-8-16-13-6-7-20(9-15(13)14)11-18(4,19(12,20)5)10-17(16,2)3/h12-16H,6-11H2,1-5H3. The van der Waals surface area contributed by atoms with E-state index in [4.69, 9.17) is 0 Å². The smallest absolute Gasteiger partial charge is 0.0186 e. The van der Waals surface area contributed by atoms with E-state index in [0.29, 0.717) is 16.2 Å². The summed E-state index contributed by atoms with van der Waals surface area (Å²) in [7, 11) is 0. The van der Waals surface area contributed by atoms with E-state index in [0.717, 1.165) is 35.0 Å². The summed E-state index contributed by atoms with van der Waals surface area (Å²) in [5.41, 5.74) is 2.64. The van der Waals surface area contributed by atoms with E-state index >= 15 is 0 Å². The molecule has 20 heavy (non-hydrogen) atoms. The lowest BCUT2D eigenvalue weighted by atomic mass is 9.26. The van der Waals surface area contributed by atoms with Gasteiger partial charge in [-0.25, -0.2) is 0 Å². The molecule has 0 heterocycles. The zero-order valence-corrected chi connectivity index (χ0v) is 14.1. The van der Waals surface area contributed by atoms with Gasteiger partial charge >= 0.3 is 0 Å². The molecule has 0 aliphatic heterocycles. The second-order valence-electron chi connectivity index (χ2n) is 10.8. The second-order valence-corrected chi connectivity index (χ2v) is 10.8. The molecular formula is C20H32. The van der Waals surface area contributed by atoms with E-state index in [1.165, 1.54) is 6.42 Å². The molecule has 5 aliphatic rings. The molecule has 5 fully saturated rings. The SMILES string of the molecule is CC1C2CC3C4CCC5(CC42)CC(C)(CC3(C)C)C15C. The second kappa shape index (κ2) is 3.04. The van der Waals surface area contributed by atoms with Crippen LogP contribution in [0.4, 0.5) is 0 Å². The molecule has 0 amide bonds. The molecule has 0 heteroatoms. The number of hydrogen-bond donors (Lipinski definition) is 0. The summed E-state index contributed by atoms with van der Waals surface area (Å²) in [5.74, 6) is 5.30. The van der Waals surface area contributed by atoms with Gasteiger partial charge in [0.05, 0.1) is 0 Å². The molecule has 112 valence electrons. The van der Waals surface area contributed by atoms with Crippen molar-refractivity contribution in [2.45, 2.75) is 73.1 Å². The lowest BCUT2D eigenvalue weighted by molar-refractivity contribution is -0.296. The summed E-state index contributed by atoms with van der Waals surface area (Å²) < 4.78 is 0. The lowest BCUT2D eigenvalue weighted by Gasteiger charge is -2.78. The molecule has 0 aromatic rings. The van der Waals surface area contributed by atoms with Crippen LogP contribution >= 0.6 is 0 Å². The molecule has 1 spiro atoms. The van der Waals surface area contributed by atoms with Crippen molar-refractivity contribution in [1.82, 2.24) is 0 Å². The Morgan fingerprint density at radius 3 is 2.40 bits per heavy atom. The van der Waals surface area contributed by atoms with Crippen molar-refractivity contribution in [2.24, 2.45) is 51.2 Å². The van der Waals surface area contributed by atoms with Crippen molar-refractivity contribution >= 4 is 0 Å². The quantitative estimate of drug-likeness (QED) is 0.544. The minimum Gasteiger partial charge on any atom is -0.0617 e. The van der Waals surface area contributed by atoms with E-state index in [2.05, 4.69) is 34.6 Å². The summed E-state index contributed by atoms with van der Waals surface area (Å²) in [4.78, 5) is 0. The summed E-state index contributed by atoms with van der Waals surface area (Å²) in [5, 5.41) is 0. The Morgan fingerprint density at radius 1 is 0.900 bits per heavy atom. The van der Waals surface area contributed by atoms with Crippen molar-refractivity contribution in [1.29, 1.82) is 0 Å². The van der Waals surface area contributed by atoms with Crippen molar-refractivity contribution < 1.29 is 0 Å². The molecular weight excluding hydrogens is 240 g/mol. The van der Waals surface area contributed by atoms with Gasteiger partial charge in [0.25, 0.3) is 0 Å². The molecule has 5 bridgehead atoms. The van der Waals surface area contributed by atoms with Crippen LogP contribution in [-0.4, -0.2) is 0 Å². The zero-order valence-electron chi connectivity index (χ0n) is 14.1. The fourth-order valence-electron chi connectivity index (χ4n) is 9.57. The predicted octanol–water partition coefficient (Wildman–Crippen LogP) is 5.52. The maximum Gasteiger partial charge on any atom is -0.0186 e. The van der Waals surface area contributed by atoms with Gasteiger partial charge in [0.2, 0.25) is 0 Å². The van der Waals surface area contributed by atoms with Gasteiger partial charge < -0.3 is 0 Å². The highest BCUT2D eigenvalue weighted by Gasteiger charge is 2.78. The first-order valence-corrected chi connectivity index (χ1v) is 9.24. The predicted molar refractivity (Wildman–Crippen MR) is 83.3 cm³/mol. The highest BCUT2D eigenvalue weighted by Crippen LogP contribution is 2.86. The van der Waals surface area contributed by atoms with Gasteiger partial charge in [0.1, 0.15) is 0 Å². The summed E-state index contributed by atoms with van der Waals surface area (Å²) >= 11 is 0. The molecule has 5 saturated carbocycles. The molecule has 0 nitrogen and oxygen atoms in total.